The van der Waals surface area contributed by atoms with Crippen molar-refractivity contribution in [3.63, 3.8) is 0 Å². The van der Waals surface area contributed by atoms with Crippen LogP contribution in [0.2, 0.25) is 0 Å². The molecular weight excluding hydrogens is 324 g/mol. The Morgan fingerprint density at radius 1 is 1.44 bits per heavy atom. The average Bonchev–Trinajstić information content (AvgIpc) is 2.53. The van der Waals surface area contributed by atoms with Gasteiger partial charge in [-0.3, -0.25) is 19.7 Å². The fraction of sp³-hybridized carbons (Fsp3) is 0.529. The van der Waals surface area contributed by atoms with Gasteiger partial charge in [0.25, 0.3) is 11.6 Å². The van der Waals surface area contributed by atoms with Gasteiger partial charge in [-0.15, -0.1) is 0 Å². The van der Waals surface area contributed by atoms with Crippen molar-refractivity contribution in [3.8, 4) is 0 Å². The van der Waals surface area contributed by atoms with Crippen LogP contribution in [0, 0.1) is 16.0 Å². The molecule has 1 heterocycles. The van der Waals surface area contributed by atoms with Gasteiger partial charge in [0.15, 0.2) is 0 Å². The van der Waals surface area contributed by atoms with Crippen LogP contribution < -0.4 is 16.0 Å². The Morgan fingerprint density at radius 2 is 2.16 bits per heavy atom. The lowest BCUT2D eigenvalue weighted by atomic mass is 9.94. The van der Waals surface area contributed by atoms with E-state index < -0.39 is 4.92 Å². The molecule has 1 atom stereocenters. The molecule has 1 aliphatic heterocycles. The number of nitrogens with zero attached hydrogens (tertiary/aromatic N) is 2. The molecule has 2 rings (SSSR count). The predicted octanol–water partition coefficient (Wildman–Crippen LogP) is 1.82. The van der Waals surface area contributed by atoms with E-state index in [1.165, 1.54) is 6.07 Å². The Balaban J connectivity index is 2.26. The maximum Gasteiger partial charge on any atom is 0.293 e. The minimum absolute atomic E-state index is 0.0529. The monoisotopic (exact) mass is 348 g/mol. The van der Waals surface area contributed by atoms with Crippen LogP contribution in [0.1, 0.15) is 43.5 Å². The van der Waals surface area contributed by atoms with Crippen molar-refractivity contribution in [3.05, 3.63) is 33.9 Å². The summed E-state index contributed by atoms with van der Waals surface area (Å²) in [6, 6.07) is 4.46. The number of amides is 2. The zero-order valence-electron chi connectivity index (χ0n) is 14.5. The minimum atomic E-state index is -0.473. The van der Waals surface area contributed by atoms with Crippen molar-refractivity contribution < 1.29 is 14.5 Å². The van der Waals surface area contributed by atoms with Gasteiger partial charge in [0, 0.05) is 37.2 Å². The summed E-state index contributed by atoms with van der Waals surface area (Å²) in [4.78, 5) is 36.2. The first-order valence-electron chi connectivity index (χ1n) is 8.40. The normalized spacial score (nSPS) is 17.4. The Bertz CT molecular complexity index is 675. The van der Waals surface area contributed by atoms with Gasteiger partial charge in [-0.25, -0.2) is 0 Å². The van der Waals surface area contributed by atoms with Crippen LogP contribution in [0.5, 0.6) is 0 Å². The molecule has 0 radical (unpaired) electrons. The number of anilines is 1. The number of carbonyl (C=O) groups excluding carboxylic acids is 2. The molecule has 2 amide bonds. The molecule has 1 fully saturated rings. The molecule has 3 N–H and O–H groups in total. The maximum atomic E-state index is 12.1. The maximum absolute atomic E-state index is 12.1. The molecule has 25 heavy (non-hydrogen) atoms. The summed E-state index contributed by atoms with van der Waals surface area (Å²) in [5.41, 5.74) is 5.90. The highest BCUT2D eigenvalue weighted by atomic mass is 16.6. The number of nitrogens with two attached hydrogens (primary N) is 1. The summed E-state index contributed by atoms with van der Waals surface area (Å²) in [5, 5.41) is 14.2. The Morgan fingerprint density at radius 3 is 2.76 bits per heavy atom. The molecular formula is C17H24N4O4. The number of piperidine rings is 1. The minimum Gasteiger partial charge on any atom is -0.370 e. The topological polar surface area (TPSA) is 119 Å². The van der Waals surface area contributed by atoms with Crippen LogP contribution in [0.3, 0.4) is 0 Å². The van der Waals surface area contributed by atoms with Gasteiger partial charge in [0.2, 0.25) is 5.91 Å². The van der Waals surface area contributed by atoms with Gasteiger partial charge in [0.1, 0.15) is 5.69 Å². The smallest absolute Gasteiger partial charge is 0.293 e. The van der Waals surface area contributed by atoms with E-state index in [-0.39, 0.29) is 41.4 Å². The quantitative estimate of drug-likeness (QED) is 0.600. The summed E-state index contributed by atoms with van der Waals surface area (Å²) in [5.74, 6) is -0.605. The molecule has 8 heteroatoms. The van der Waals surface area contributed by atoms with Gasteiger partial charge in [-0.1, -0.05) is 0 Å². The van der Waals surface area contributed by atoms with Crippen LogP contribution in [0.15, 0.2) is 18.2 Å². The molecule has 0 spiro atoms. The fourth-order valence-corrected chi connectivity index (χ4v) is 3.16. The largest absolute Gasteiger partial charge is 0.370 e. The molecule has 0 aromatic heterocycles. The zero-order valence-corrected chi connectivity index (χ0v) is 14.5. The first-order valence-corrected chi connectivity index (χ1v) is 8.40. The predicted molar refractivity (Wildman–Crippen MR) is 94.4 cm³/mol. The van der Waals surface area contributed by atoms with E-state index in [2.05, 4.69) is 5.32 Å². The van der Waals surface area contributed by atoms with Gasteiger partial charge in [0.05, 0.1) is 4.92 Å². The standard InChI is InChI=1S/C17H24N4O4/c1-11(2)19-17(23)13-5-6-14(15(9-13)21(24)25)20-7-3-4-12(10-20)8-16(18)22/h5-6,9,11-12H,3-4,7-8,10H2,1-2H3,(H2,18,22)(H,19,23). The lowest BCUT2D eigenvalue weighted by Crippen LogP contribution is -2.37. The molecule has 0 aliphatic carbocycles. The highest BCUT2D eigenvalue weighted by Crippen LogP contribution is 2.33. The van der Waals surface area contributed by atoms with E-state index in [0.717, 1.165) is 12.8 Å². The van der Waals surface area contributed by atoms with Crippen LogP contribution in [0.4, 0.5) is 11.4 Å². The lowest BCUT2D eigenvalue weighted by Gasteiger charge is -2.33. The number of nitro benzene ring substituents is 1. The van der Waals surface area contributed by atoms with Crippen molar-refractivity contribution in [2.75, 3.05) is 18.0 Å². The molecule has 0 bridgehead atoms. The Hall–Kier alpha value is -2.64. The number of nitro groups is 1. The first kappa shape index (κ1) is 18.7. The third-order valence-corrected chi connectivity index (χ3v) is 4.20. The number of nitrogens with one attached hydrogen (secondary N) is 1. The summed E-state index contributed by atoms with van der Waals surface area (Å²) >= 11 is 0. The van der Waals surface area contributed by atoms with Gasteiger partial charge >= 0.3 is 0 Å². The van der Waals surface area contributed by atoms with Crippen LogP contribution >= 0.6 is 0 Å². The van der Waals surface area contributed by atoms with Crippen molar-refractivity contribution in [1.29, 1.82) is 0 Å². The summed E-state index contributed by atoms with van der Waals surface area (Å²) in [6.45, 7) is 4.87. The first-order chi connectivity index (χ1) is 11.8. The number of primary amides is 1. The number of carbonyl (C=O) groups is 2. The molecule has 1 saturated heterocycles. The second kappa shape index (κ2) is 7.96. The average molecular weight is 348 g/mol. The third kappa shape index (κ3) is 4.91. The Labute approximate surface area is 146 Å². The van der Waals surface area contributed by atoms with Gasteiger partial charge < -0.3 is 16.0 Å². The van der Waals surface area contributed by atoms with E-state index in [1.807, 2.05) is 18.7 Å². The van der Waals surface area contributed by atoms with E-state index in [1.54, 1.807) is 12.1 Å². The molecule has 8 nitrogen and oxygen atoms in total. The van der Waals surface area contributed by atoms with E-state index in [0.29, 0.717) is 18.8 Å². The molecule has 136 valence electrons. The summed E-state index contributed by atoms with van der Waals surface area (Å²) < 4.78 is 0. The van der Waals surface area contributed by atoms with Crippen LogP contribution in [-0.4, -0.2) is 35.9 Å². The highest BCUT2D eigenvalue weighted by molar-refractivity contribution is 5.96. The molecule has 1 aromatic carbocycles. The molecule has 1 unspecified atom stereocenters. The van der Waals surface area contributed by atoms with Crippen LogP contribution in [0.25, 0.3) is 0 Å². The lowest BCUT2D eigenvalue weighted by molar-refractivity contribution is -0.384. The second-order valence-electron chi connectivity index (χ2n) is 6.71. The van der Waals surface area contributed by atoms with Crippen LogP contribution in [-0.2, 0) is 4.79 Å². The summed E-state index contributed by atoms with van der Waals surface area (Å²) in [6.07, 6.45) is 1.99. The second-order valence-corrected chi connectivity index (χ2v) is 6.71. The van der Waals surface area contributed by atoms with E-state index in [9.17, 15) is 19.7 Å². The van der Waals surface area contributed by atoms with Gasteiger partial charge in [-0.2, -0.15) is 0 Å². The number of hydrogen-bond donors (Lipinski definition) is 2. The van der Waals surface area contributed by atoms with E-state index >= 15 is 0 Å². The zero-order chi connectivity index (χ0) is 18.6. The Kier molecular flexibility index (Phi) is 5.95. The van der Waals surface area contributed by atoms with Crippen molar-refractivity contribution in [2.24, 2.45) is 11.7 Å². The number of hydrogen-bond acceptors (Lipinski definition) is 5. The van der Waals surface area contributed by atoms with Crippen molar-refractivity contribution in [2.45, 2.75) is 39.2 Å². The molecule has 1 aliphatic rings. The third-order valence-electron chi connectivity index (χ3n) is 4.20. The SMILES string of the molecule is CC(C)NC(=O)c1ccc(N2CCCC(CC(N)=O)C2)c([N+](=O)[O-])c1. The number of benzene rings is 1. The van der Waals surface area contributed by atoms with Crippen molar-refractivity contribution >= 4 is 23.2 Å². The fourth-order valence-electron chi connectivity index (χ4n) is 3.16. The van der Waals surface area contributed by atoms with Gasteiger partial charge in [-0.05, 0) is 44.7 Å². The number of rotatable bonds is 6. The highest BCUT2D eigenvalue weighted by Gasteiger charge is 2.27. The molecule has 1 aromatic rings. The van der Waals surface area contributed by atoms with E-state index in [4.69, 9.17) is 5.73 Å². The summed E-state index contributed by atoms with van der Waals surface area (Å²) in [7, 11) is 0. The van der Waals surface area contributed by atoms with Crippen molar-refractivity contribution in [1.82, 2.24) is 5.32 Å². The molecule has 0 saturated carbocycles.